The Morgan fingerprint density at radius 1 is 0.920 bits per heavy atom. The molecule has 2 rings (SSSR count). The van der Waals surface area contributed by atoms with E-state index >= 15 is 0 Å². The number of halogens is 1. The monoisotopic (exact) mass is 360 g/mol. The first kappa shape index (κ1) is 21.2. The van der Waals surface area contributed by atoms with Gasteiger partial charge in [-0.25, -0.2) is 0 Å². The molecule has 0 aromatic heterocycles. The minimum Gasteiger partial charge on any atom is -0.355 e. The van der Waals surface area contributed by atoms with E-state index in [0.717, 1.165) is 5.56 Å². The molecule has 0 aliphatic rings. The van der Waals surface area contributed by atoms with Crippen LogP contribution in [0, 0.1) is 11.8 Å². The number of hydrogen-bond acceptors (Lipinski definition) is 2. The molecule has 0 saturated carbocycles. The zero-order valence-electron chi connectivity index (χ0n) is 15.2. The first-order valence-corrected chi connectivity index (χ1v) is 8.64. The lowest BCUT2D eigenvalue weighted by molar-refractivity contribution is -0.125. The van der Waals surface area contributed by atoms with Crippen molar-refractivity contribution < 1.29 is 4.79 Å². The molecule has 25 heavy (non-hydrogen) atoms. The van der Waals surface area contributed by atoms with E-state index in [2.05, 4.69) is 31.3 Å². The van der Waals surface area contributed by atoms with Gasteiger partial charge in [0.2, 0.25) is 5.91 Å². The van der Waals surface area contributed by atoms with Gasteiger partial charge in [0, 0.05) is 18.5 Å². The highest BCUT2D eigenvalue weighted by Crippen LogP contribution is 2.24. The maximum atomic E-state index is 12.5. The molecule has 2 aromatic carbocycles. The van der Waals surface area contributed by atoms with Crippen LogP contribution in [0.25, 0.3) is 0 Å². The van der Waals surface area contributed by atoms with Gasteiger partial charge in [0.25, 0.3) is 0 Å². The summed E-state index contributed by atoms with van der Waals surface area (Å²) in [4.78, 5) is 12.5. The highest BCUT2D eigenvalue weighted by molar-refractivity contribution is 5.85. The van der Waals surface area contributed by atoms with Crippen molar-refractivity contribution in [2.24, 2.45) is 17.6 Å². The van der Waals surface area contributed by atoms with Gasteiger partial charge in [0.05, 0.1) is 5.92 Å². The first-order valence-electron chi connectivity index (χ1n) is 8.64. The summed E-state index contributed by atoms with van der Waals surface area (Å²) in [6.07, 6.45) is 0. The van der Waals surface area contributed by atoms with Gasteiger partial charge in [-0.1, -0.05) is 81.4 Å². The van der Waals surface area contributed by atoms with Crippen LogP contribution in [0.4, 0.5) is 0 Å². The second-order valence-electron chi connectivity index (χ2n) is 6.73. The summed E-state index contributed by atoms with van der Waals surface area (Å²) in [7, 11) is 0. The van der Waals surface area contributed by atoms with Gasteiger partial charge in [0.1, 0.15) is 0 Å². The number of carbonyl (C=O) groups is 1. The average Bonchev–Trinajstić information content (AvgIpc) is 2.61. The summed E-state index contributed by atoms with van der Waals surface area (Å²) in [6, 6.07) is 19.8. The topological polar surface area (TPSA) is 55.1 Å². The van der Waals surface area contributed by atoms with E-state index in [1.54, 1.807) is 0 Å². The van der Waals surface area contributed by atoms with E-state index in [1.807, 2.05) is 55.5 Å². The minimum atomic E-state index is -0.291. The number of carbonyl (C=O) groups excluding carboxylic acids is 1. The lowest BCUT2D eigenvalue weighted by Gasteiger charge is -2.24. The van der Waals surface area contributed by atoms with Crippen LogP contribution in [0.2, 0.25) is 0 Å². The van der Waals surface area contributed by atoms with E-state index in [9.17, 15) is 4.79 Å². The Labute approximate surface area is 157 Å². The molecule has 3 unspecified atom stereocenters. The summed E-state index contributed by atoms with van der Waals surface area (Å²) in [5, 5.41) is 3.09. The zero-order chi connectivity index (χ0) is 17.5. The molecule has 3 nitrogen and oxygen atoms in total. The van der Waals surface area contributed by atoms with Gasteiger partial charge in [-0.2, -0.15) is 0 Å². The molecule has 0 aliphatic carbocycles. The number of benzene rings is 2. The summed E-state index contributed by atoms with van der Waals surface area (Å²) in [6.45, 7) is 6.89. The van der Waals surface area contributed by atoms with Crippen molar-refractivity contribution in [2.45, 2.75) is 32.7 Å². The smallest absolute Gasteiger partial charge is 0.224 e. The van der Waals surface area contributed by atoms with Crippen LogP contribution in [-0.4, -0.2) is 12.5 Å². The van der Waals surface area contributed by atoms with E-state index in [1.165, 1.54) is 5.56 Å². The summed E-state index contributed by atoms with van der Waals surface area (Å²) < 4.78 is 0. The third kappa shape index (κ3) is 5.87. The van der Waals surface area contributed by atoms with Crippen molar-refractivity contribution >= 4 is 18.3 Å². The molecule has 136 valence electrons. The van der Waals surface area contributed by atoms with Crippen LogP contribution in [0.5, 0.6) is 0 Å². The van der Waals surface area contributed by atoms with Gasteiger partial charge >= 0.3 is 0 Å². The lowest BCUT2D eigenvalue weighted by atomic mass is 9.88. The van der Waals surface area contributed by atoms with Crippen LogP contribution in [-0.2, 0) is 4.79 Å². The number of hydrogen-bond donors (Lipinski definition) is 2. The van der Waals surface area contributed by atoms with Gasteiger partial charge < -0.3 is 11.1 Å². The Bertz CT molecular complexity index is 631. The summed E-state index contributed by atoms with van der Waals surface area (Å²) >= 11 is 0. The number of nitrogens with two attached hydrogens (primary N) is 1. The van der Waals surface area contributed by atoms with Crippen molar-refractivity contribution in [3.63, 3.8) is 0 Å². The highest BCUT2D eigenvalue weighted by Gasteiger charge is 2.23. The Kier molecular flexibility index (Phi) is 8.67. The van der Waals surface area contributed by atoms with Gasteiger partial charge in [-0.15, -0.1) is 12.4 Å². The van der Waals surface area contributed by atoms with E-state index < -0.39 is 0 Å². The fourth-order valence-electron chi connectivity index (χ4n) is 2.94. The molecule has 0 bridgehead atoms. The Balaban J connectivity index is 0.00000312. The molecule has 4 heteroatoms. The maximum absolute atomic E-state index is 12.5. The molecule has 0 saturated heterocycles. The summed E-state index contributed by atoms with van der Waals surface area (Å²) in [5.41, 5.74) is 8.50. The Morgan fingerprint density at radius 3 is 1.88 bits per heavy atom. The number of nitrogens with one attached hydrogen (secondary N) is 1. The zero-order valence-corrected chi connectivity index (χ0v) is 16.0. The van der Waals surface area contributed by atoms with Crippen LogP contribution in [0.15, 0.2) is 60.7 Å². The molecular weight excluding hydrogens is 332 g/mol. The first-order chi connectivity index (χ1) is 11.5. The molecule has 0 aliphatic heterocycles. The third-order valence-corrected chi connectivity index (χ3v) is 4.67. The SMILES string of the molecule is CC(C)C(CNC(=O)C(C)C(N)c1ccccc1)c1ccccc1.Cl. The molecule has 0 fully saturated rings. The third-order valence-electron chi connectivity index (χ3n) is 4.67. The van der Waals surface area contributed by atoms with Crippen LogP contribution < -0.4 is 11.1 Å². The standard InChI is InChI=1S/C21H28N2O.ClH/c1-15(2)19(17-10-6-4-7-11-17)14-23-21(24)16(3)20(22)18-12-8-5-9-13-18;/h4-13,15-16,19-20H,14,22H2,1-3H3,(H,23,24);1H. The fraction of sp³-hybridized carbons (Fsp3) is 0.381. The van der Waals surface area contributed by atoms with Gasteiger partial charge in [0.15, 0.2) is 0 Å². The van der Waals surface area contributed by atoms with E-state index in [4.69, 9.17) is 5.73 Å². The van der Waals surface area contributed by atoms with Crippen molar-refractivity contribution in [1.82, 2.24) is 5.32 Å². The van der Waals surface area contributed by atoms with Crippen molar-refractivity contribution in [1.29, 1.82) is 0 Å². The molecule has 1 amide bonds. The predicted octanol–water partition coefficient (Wildman–Crippen LogP) is 4.30. The highest BCUT2D eigenvalue weighted by atomic mass is 35.5. The fourth-order valence-corrected chi connectivity index (χ4v) is 2.94. The lowest BCUT2D eigenvalue weighted by Crippen LogP contribution is -2.38. The van der Waals surface area contributed by atoms with Gasteiger partial charge in [-0.05, 0) is 17.0 Å². The molecule has 0 heterocycles. The second kappa shape index (κ2) is 10.2. The molecule has 3 N–H and O–H groups in total. The summed E-state index contributed by atoms with van der Waals surface area (Å²) in [5.74, 6) is 0.491. The predicted molar refractivity (Wildman–Crippen MR) is 107 cm³/mol. The van der Waals surface area contributed by atoms with Crippen molar-refractivity contribution in [3.8, 4) is 0 Å². The van der Waals surface area contributed by atoms with Crippen LogP contribution in [0.3, 0.4) is 0 Å². The quantitative estimate of drug-likeness (QED) is 0.773. The molecule has 0 spiro atoms. The average molecular weight is 361 g/mol. The second-order valence-corrected chi connectivity index (χ2v) is 6.73. The molecule has 0 radical (unpaired) electrons. The minimum absolute atomic E-state index is 0. The maximum Gasteiger partial charge on any atom is 0.224 e. The largest absolute Gasteiger partial charge is 0.355 e. The van der Waals surface area contributed by atoms with E-state index in [0.29, 0.717) is 18.4 Å². The van der Waals surface area contributed by atoms with Crippen molar-refractivity contribution in [3.05, 3.63) is 71.8 Å². The Morgan fingerprint density at radius 2 is 1.40 bits per heavy atom. The normalized spacial score (nSPS) is 14.3. The van der Waals surface area contributed by atoms with Crippen LogP contribution >= 0.6 is 12.4 Å². The molecule has 2 aromatic rings. The van der Waals surface area contributed by atoms with Crippen molar-refractivity contribution in [2.75, 3.05) is 6.54 Å². The van der Waals surface area contributed by atoms with Crippen LogP contribution in [0.1, 0.15) is 43.9 Å². The van der Waals surface area contributed by atoms with Gasteiger partial charge in [-0.3, -0.25) is 4.79 Å². The Hall–Kier alpha value is -1.84. The number of amides is 1. The number of rotatable bonds is 7. The molecule has 3 atom stereocenters. The van der Waals surface area contributed by atoms with E-state index in [-0.39, 0.29) is 30.3 Å². The molecular formula is C21H29ClN2O.